The van der Waals surface area contributed by atoms with Gasteiger partial charge < -0.3 is 55.6 Å². The summed E-state index contributed by atoms with van der Waals surface area (Å²) in [6, 6.07) is 41.1. The molecule has 6 aromatic carbocycles. The largest absolute Gasteiger partial charge is 0.497 e. The van der Waals surface area contributed by atoms with Crippen molar-refractivity contribution in [2.24, 2.45) is 0 Å². The highest BCUT2D eigenvalue weighted by molar-refractivity contribution is 5.95. The molecule has 0 aliphatic carbocycles. The van der Waals surface area contributed by atoms with Crippen LogP contribution in [0.5, 0.6) is 17.2 Å². The molecule has 25 heteroatoms. The normalized spacial score (nSPS) is 14.8. The first-order valence-electron chi connectivity index (χ1n) is 34.7. The Balaban J connectivity index is 0.000000286. The molecule has 0 aromatic heterocycles. The molecule has 6 atom stereocenters. The Morgan fingerprint density at radius 2 is 0.657 bits per heavy atom. The number of aryl methyl sites for hydroxylation is 6. The fourth-order valence-electron chi connectivity index (χ4n) is 11.7. The Labute approximate surface area is 597 Å². The number of methoxy groups -OCH3 is 3. The number of ether oxygens (including phenoxy) is 5. The van der Waals surface area contributed by atoms with E-state index in [2.05, 4.69) is 31.9 Å². The molecular weight excluding hydrogens is 1300 g/mol. The molecule has 6 aromatic rings. The van der Waals surface area contributed by atoms with Crippen LogP contribution in [-0.2, 0) is 86.4 Å². The van der Waals surface area contributed by atoms with Gasteiger partial charge in [0, 0.05) is 39.0 Å². The first-order chi connectivity index (χ1) is 49.4. The summed E-state index contributed by atoms with van der Waals surface area (Å²) < 4.78 is 26.6. The van der Waals surface area contributed by atoms with Gasteiger partial charge in [-0.15, -0.1) is 0 Å². The van der Waals surface area contributed by atoms with Crippen LogP contribution in [0.15, 0.2) is 152 Å². The van der Waals surface area contributed by atoms with Crippen LogP contribution in [0.2, 0.25) is 0 Å². The number of nitrogens with zero attached hydrogens (tertiary/aromatic N) is 2. The zero-order valence-corrected chi connectivity index (χ0v) is 59.1. The van der Waals surface area contributed by atoms with Gasteiger partial charge in [0.2, 0.25) is 35.4 Å². The lowest BCUT2D eigenvalue weighted by molar-refractivity contribution is -0.136. The Hall–Kier alpha value is -9.76. The van der Waals surface area contributed by atoms with Crippen molar-refractivity contribution in [1.29, 1.82) is 0 Å². The van der Waals surface area contributed by atoms with Gasteiger partial charge in [-0.3, -0.25) is 58.6 Å². The number of rotatable bonds is 37. The summed E-state index contributed by atoms with van der Waals surface area (Å²) in [5.41, 5.74) is 10.9. The van der Waals surface area contributed by atoms with Gasteiger partial charge in [0.05, 0.1) is 60.8 Å². The van der Waals surface area contributed by atoms with Crippen LogP contribution in [0.3, 0.4) is 0 Å². The van der Waals surface area contributed by atoms with Crippen LogP contribution < -0.4 is 57.1 Å². The van der Waals surface area contributed by atoms with E-state index in [4.69, 9.17) is 23.7 Å². The van der Waals surface area contributed by atoms with Gasteiger partial charge in [-0.1, -0.05) is 126 Å². The maximum absolute atomic E-state index is 14.0. The molecule has 0 saturated carbocycles. The van der Waals surface area contributed by atoms with E-state index < -0.39 is 71.7 Å². The zero-order chi connectivity index (χ0) is 73.0. The topological polar surface area (TPSA) is 326 Å². The molecule has 0 spiro atoms. The molecule has 2 fully saturated rings. The lowest BCUT2D eigenvalue weighted by atomic mass is 10.0. The predicted molar refractivity (Wildman–Crippen MR) is 384 cm³/mol. The van der Waals surface area contributed by atoms with Gasteiger partial charge in [0.25, 0.3) is 11.8 Å². The first-order valence-corrected chi connectivity index (χ1v) is 34.7. The number of carbonyl (C=O) groups excluding carboxylic acids is 8. The number of hydrogen-bond donors (Lipinski definition) is 10. The minimum absolute atomic E-state index is 0.114. The maximum Gasteiger partial charge on any atom is 0.266 e. The molecule has 0 unspecified atom stereocenters. The van der Waals surface area contributed by atoms with Gasteiger partial charge in [0.15, 0.2) is 0 Å². The van der Waals surface area contributed by atoms with Crippen LogP contribution in [0.25, 0.3) is 0 Å². The average molecular weight is 1410 g/mol. The van der Waals surface area contributed by atoms with Gasteiger partial charge in [-0.05, 0) is 148 Å². The number of nitrogens with one attached hydrogen (secondary N) is 8. The quantitative estimate of drug-likeness (QED) is 0.0181. The molecule has 0 bridgehead atoms. The molecule has 2 aliphatic heterocycles. The van der Waals surface area contributed by atoms with Crippen LogP contribution in [-0.4, -0.2) is 191 Å². The smallest absolute Gasteiger partial charge is 0.266 e. The molecule has 2 heterocycles. The second-order valence-electron chi connectivity index (χ2n) is 25.5. The summed E-state index contributed by atoms with van der Waals surface area (Å²) in [6.45, 7) is 8.74. The molecule has 0 radical (unpaired) electrons. The summed E-state index contributed by atoms with van der Waals surface area (Å²) in [5.74, 6) is -2.24. The number of carbonyl (C=O) groups is 8. The summed E-state index contributed by atoms with van der Waals surface area (Å²) in [4.78, 5) is 111. The van der Waals surface area contributed by atoms with Crippen molar-refractivity contribution in [2.45, 2.75) is 127 Å². The molecule has 2 aliphatic rings. The lowest BCUT2D eigenvalue weighted by Gasteiger charge is -2.28. The van der Waals surface area contributed by atoms with Crippen molar-refractivity contribution < 1.29 is 72.5 Å². The SMILES string of the molecule is COc1ccc(CCC[C@H](NC(=O)CN2CCOCC2)C(=O)N[C@H](CCc2ccc(OC)cc2)C(=O)N[C@H](Cc2ccc(C)cc2)C(=O)NO)cc1.COc1ccc(CC[C@@H](NC(=O)[C@H](CCCc2ccccc2)NC(=O)CN2CCOCC2)C(=O)N[C@H](Cc2ccc(C)cc2)C(=O)NO)cc1. The zero-order valence-electron chi connectivity index (χ0n) is 59.1. The van der Waals surface area contributed by atoms with Crippen molar-refractivity contribution in [3.63, 3.8) is 0 Å². The minimum Gasteiger partial charge on any atom is -0.497 e. The Morgan fingerprint density at radius 1 is 0.363 bits per heavy atom. The van der Waals surface area contributed by atoms with Crippen LogP contribution in [0.1, 0.15) is 83.0 Å². The monoisotopic (exact) mass is 1400 g/mol. The standard InChI is InChI=1S/C39H51N5O8.C38H49N5O7/c1-27-7-9-30(10-8-27)25-35(39(48)43-49)42-38(47)34(20-15-29-13-18-32(51-3)19-14-29)41-37(46)33(40-36(45)26-44-21-23-52-24-22-44)6-4-5-28-11-16-31(50-2)17-12-28;1-27-11-13-30(14-12-27)25-34(38(47)42-48)41-37(46)33(20-17-29-15-18-31(49-2)19-16-29)40-36(45)32(10-6-9-28-7-4-3-5-8-28)39-35(44)26-43-21-23-50-24-22-43/h7-14,16-19,33-35,49H,4-6,15,20-26H2,1-3H3,(H,40,45)(H,41,46)(H,42,47)(H,43,48);3-5,7-8,11-16,18-19,32-34,48H,6,9-10,17,20-26H2,1-2H3,(H,39,44)(H,40,45)(H,41,46)(H,42,47)/t33-,34+,35+;32-,33+,34+/m00/s1. The maximum atomic E-state index is 14.0. The summed E-state index contributed by atoms with van der Waals surface area (Å²) in [5, 5.41) is 36.0. The molecule has 2 saturated heterocycles. The molecule has 8 amide bonds. The van der Waals surface area contributed by atoms with Gasteiger partial charge in [0.1, 0.15) is 53.5 Å². The third-order valence-corrected chi connectivity index (χ3v) is 17.8. The molecule has 102 heavy (non-hydrogen) atoms. The third-order valence-electron chi connectivity index (χ3n) is 17.8. The summed E-state index contributed by atoms with van der Waals surface area (Å²) in [7, 11) is 4.76. The molecule has 25 nitrogen and oxygen atoms in total. The van der Waals surface area contributed by atoms with E-state index in [1.807, 2.05) is 175 Å². The molecular formula is C77H100N10O15. The highest BCUT2D eigenvalue weighted by Crippen LogP contribution is 2.19. The average Bonchev–Trinajstić information content (AvgIpc) is 0.870. The van der Waals surface area contributed by atoms with E-state index in [0.29, 0.717) is 115 Å². The van der Waals surface area contributed by atoms with Crippen molar-refractivity contribution in [3.8, 4) is 17.2 Å². The second-order valence-corrected chi connectivity index (χ2v) is 25.5. The van der Waals surface area contributed by atoms with Crippen molar-refractivity contribution in [2.75, 3.05) is 87.0 Å². The van der Waals surface area contributed by atoms with E-state index in [1.54, 1.807) is 32.3 Å². The van der Waals surface area contributed by atoms with Crippen LogP contribution in [0, 0.1) is 13.8 Å². The molecule has 10 N–H and O–H groups in total. The number of hydroxylamine groups is 2. The summed E-state index contributed by atoms with van der Waals surface area (Å²) >= 11 is 0. The number of benzene rings is 6. The highest BCUT2D eigenvalue weighted by Gasteiger charge is 2.33. The van der Waals surface area contributed by atoms with Gasteiger partial charge >= 0.3 is 0 Å². The van der Waals surface area contributed by atoms with E-state index >= 15 is 0 Å². The van der Waals surface area contributed by atoms with Crippen molar-refractivity contribution in [1.82, 2.24) is 52.7 Å². The molecule has 8 rings (SSSR count). The predicted octanol–water partition coefficient (Wildman–Crippen LogP) is 5.00. The van der Waals surface area contributed by atoms with Gasteiger partial charge in [-0.25, -0.2) is 11.0 Å². The second kappa shape index (κ2) is 43.1. The van der Waals surface area contributed by atoms with E-state index in [0.717, 1.165) is 50.3 Å². The van der Waals surface area contributed by atoms with Crippen LogP contribution >= 0.6 is 0 Å². The Bertz CT molecular complexity index is 3560. The first kappa shape index (κ1) is 79.6. The van der Waals surface area contributed by atoms with Crippen molar-refractivity contribution in [3.05, 3.63) is 196 Å². The summed E-state index contributed by atoms with van der Waals surface area (Å²) in [6.07, 6.45) is 4.74. The third kappa shape index (κ3) is 28.0. The molecule has 548 valence electrons. The van der Waals surface area contributed by atoms with Crippen LogP contribution in [0.4, 0.5) is 0 Å². The number of morpholine rings is 2. The fourth-order valence-corrected chi connectivity index (χ4v) is 11.7. The van der Waals surface area contributed by atoms with E-state index in [9.17, 15) is 48.8 Å². The van der Waals surface area contributed by atoms with Gasteiger partial charge in [-0.2, -0.15) is 0 Å². The minimum atomic E-state index is -1.12. The Morgan fingerprint density at radius 3 is 0.980 bits per heavy atom. The number of hydrogen-bond acceptors (Lipinski definition) is 17. The van der Waals surface area contributed by atoms with E-state index in [1.165, 1.54) is 0 Å². The Kier molecular flexibility index (Phi) is 33.6. The fraction of sp³-hybridized carbons (Fsp3) is 0.429. The number of amides is 8. The van der Waals surface area contributed by atoms with Crippen molar-refractivity contribution >= 4 is 47.3 Å². The highest BCUT2D eigenvalue weighted by atomic mass is 16.5. The lowest BCUT2D eigenvalue weighted by Crippen LogP contribution is -2.57. The van der Waals surface area contributed by atoms with E-state index in [-0.39, 0.29) is 50.6 Å².